The van der Waals surface area contributed by atoms with Crippen LogP contribution >= 0.6 is 0 Å². The van der Waals surface area contributed by atoms with Crippen molar-refractivity contribution in [3.63, 3.8) is 0 Å². The maximum atomic E-state index is 8.69. The van der Waals surface area contributed by atoms with Gasteiger partial charge in [0.1, 0.15) is 0 Å². The van der Waals surface area contributed by atoms with Gasteiger partial charge in [-0.05, 0) is 58.0 Å². The van der Waals surface area contributed by atoms with Crippen LogP contribution in [0.5, 0.6) is 0 Å². The molecule has 0 N–H and O–H groups in total. The Balaban J connectivity index is 2.06. The zero-order valence-corrected chi connectivity index (χ0v) is 12.3. The molecule has 0 aliphatic carbocycles. The van der Waals surface area contributed by atoms with Crippen molar-refractivity contribution in [1.29, 1.82) is 5.26 Å². The highest BCUT2D eigenvalue weighted by molar-refractivity contribution is 5.99. The Bertz CT molecular complexity index is 811. The number of benzene rings is 3. The summed E-state index contributed by atoms with van der Waals surface area (Å²) in [4.78, 5) is 0. The largest absolute Gasteiger partial charge is 0.198 e. The third kappa shape index (κ3) is 2.76. The summed E-state index contributed by atoms with van der Waals surface area (Å²) in [5.74, 6) is 0.489. The molecule has 0 fully saturated rings. The summed E-state index contributed by atoms with van der Waals surface area (Å²) in [5, 5.41) is 13.9. The predicted octanol–water partition coefficient (Wildman–Crippen LogP) is 5.79. The van der Waals surface area contributed by atoms with Gasteiger partial charge in [0.15, 0.2) is 0 Å². The Morgan fingerprint density at radius 2 is 1.67 bits per heavy atom. The number of nitrogens with zero attached hydrogens (tertiary/aromatic N) is 1. The highest BCUT2D eigenvalue weighted by Gasteiger charge is 2.10. The van der Waals surface area contributed by atoms with Crippen molar-refractivity contribution in [1.82, 2.24) is 0 Å². The van der Waals surface area contributed by atoms with Crippen LogP contribution < -0.4 is 0 Å². The minimum absolute atomic E-state index is 0.489. The van der Waals surface area contributed by atoms with Crippen molar-refractivity contribution in [3.05, 3.63) is 60.2 Å². The van der Waals surface area contributed by atoms with Gasteiger partial charge in [-0.1, -0.05) is 49.4 Å². The third-order valence-corrected chi connectivity index (χ3v) is 4.24. The lowest BCUT2D eigenvalue weighted by Crippen LogP contribution is -1.95. The van der Waals surface area contributed by atoms with Crippen LogP contribution in [0.3, 0.4) is 0 Å². The standard InChI is InChI=1S/C20H19N/c1-15(7-4-5-12-21)19-11-6-10-18-13-16-8-2-3-9-17(16)14-20(18)19/h2-3,6,8-11,13-15H,4-5,7H2,1H3. The van der Waals surface area contributed by atoms with Gasteiger partial charge in [0, 0.05) is 6.42 Å². The van der Waals surface area contributed by atoms with E-state index in [0.717, 1.165) is 12.8 Å². The number of hydrogen-bond acceptors (Lipinski definition) is 1. The Hall–Kier alpha value is -2.33. The van der Waals surface area contributed by atoms with E-state index in [4.69, 9.17) is 5.26 Å². The van der Waals surface area contributed by atoms with Gasteiger partial charge < -0.3 is 0 Å². The summed E-state index contributed by atoms with van der Waals surface area (Å²) < 4.78 is 0. The van der Waals surface area contributed by atoms with E-state index in [9.17, 15) is 0 Å². The van der Waals surface area contributed by atoms with Gasteiger partial charge in [-0.3, -0.25) is 0 Å². The van der Waals surface area contributed by atoms with Crippen molar-refractivity contribution in [2.24, 2.45) is 0 Å². The van der Waals surface area contributed by atoms with E-state index in [1.807, 2.05) is 0 Å². The molecule has 0 amide bonds. The molecule has 3 aromatic rings. The maximum Gasteiger partial charge on any atom is 0.0621 e. The minimum atomic E-state index is 0.489. The van der Waals surface area contributed by atoms with Crippen LogP contribution in [-0.2, 0) is 0 Å². The zero-order chi connectivity index (χ0) is 14.7. The Morgan fingerprint density at radius 1 is 0.952 bits per heavy atom. The number of nitriles is 1. The molecule has 0 saturated carbocycles. The fourth-order valence-electron chi connectivity index (χ4n) is 3.06. The predicted molar refractivity (Wildman–Crippen MR) is 89.3 cm³/mol. The number of unbranched alkanes of at least 4 members (excludes halogenated alkanes) is 1. The normalized spacial score (nSPS) is 12.4. The molecule has 3 aromatic carbocycles. The fourth-order valence-corrected chi connectivity index (χ4v) is 3.06. The first-order chi connectivity index (χ1) is 10.3. The molecule has 1 nitrogen and oxygen atoms in total. The number of rotatable bonds is 4. The van der Waals surface area contributed by atoms with Crippen molar-refractivity contribution < 1.29 is 0 Å². The smallest absolute Gasteiger partial charge is 0.0621 e. The van der Waals surface area contributed by atoms with Gasteiger partial charge in [-0.15, -0.1) is 0 Å². The lowest BCUT2D eigenvalue weighted by Gasteiger charge is -2.15. The first-order valence-electron chi connectivity index (χ1n) is 7.58. The molecule has 21 heavy (non-hydrogen) atoms. The lowest BCUT2D eigenvalue weighted by molar-refractivity contribution is 0.647. The Kier molecular flexibility index (Phi) is 3.88. The van der Waals surface area contributed by atoms with Crippen molar-refractivity contribution in [3.8, 4) is 6.07 Å². The van der Waals surface area contributed by atoms with Crippen molar-refractivity contribution >= 4 is 21.5 Å². The first kappa shape index (κ1) is 13.6. The van der Waals surface area contributed by atoms with Gasteiger partial charge in [-0.2, -0.15) is 5.26 Å². The average Bonchev–Trinajstić information content (AvgIpc) is 2.52. The van der Waals surface area contributed by atoms with E-state index in [1.165, 1.54) is 27.1 Å². The molecule has 0 bridgehead atoms. The topological polar surface area (TPSA) is 23.8 Å². The second-order valence-corrected chi connectivity index (χ2v) is 5.72. The van der Waals surface area contributed by atoms with Crippen LogP contribution in [-0.4, -0.2) is 0 Å². The summed E-state index contributed by atoms with van der Waals surface area (Å²) in [6.45, 7) is 2.27. The average molecular weight is 273 g/mol. The molecular weight excluding hydrogens is 254 g/mol. The van der Waals surface area contributed by atoms with Gasteiger partial charge in [0.2, 0.25) is 0 Å². The van der Waals surface area contributed by atoms with Gasteiger partial charge >= 0.3 is 0 Å². The van der Waals surface area contributed by atoms with Gasteiger partial charge in [0.25, 0.3) is 0 Å². The first-order valence-corrected chi connectivity index (χ1v) is 7.58. The Morgan fingerprint density at radius 3 is 2.43 bits per heavy atom. The molecule has 1 unspecified atom stereocenters. The summed E-state index contributed by atoms with van der Waals surface area (Å²) in [6, 6.07) is 21.9. The molecule has 0 aromatic heterocycles. The lowest BCUT2D eigenvalue weighted by atomic mass is 9.90. The molecular formula is C20H19N. The van der Waals surface area contributed by atoms with Crippen molar-refractivity contribution in [2.45, 2.75) is 32.1 Å². The fraction of sp³-hybridized carbons (Fsp3) is 0.250. The molecule has 1 heteroatoms. The monoisotopic (exact) mass is 273 g/mol. The molecule has 0 saturated heterocycles. The molecule has 104 valence electrons. The van der Waals surface area contributed by atoms with E-state index in [2.05, 4.69) is 67.6 Å². The zero-order valence-electron chi connectivity index (χ0n) is 12.3. The van der Waals surface area contributed by atoms with E-state index < -0.39 is 0 Å². The number of fused-ring (bicyclic) bond motifs is 2. The van der Waals surface area contributed by atoms with E-state index in [1.54, 1.807) is 0 Å². The highest BCUT2D eigenvalue weighted by Crippen LogP contribution is 2.31. The number of hydrogen-bond donors (Lipinski definition) is 0. The second-order valence-electron chi connectivity index (χ2n) is 5.72. The summed E-state index contributed by atoms with van der Waals surface area (Å²) in [6.07, 6.45) is 2.69. The van der Waals surface area contributed by atoms with Crippen LogP contribution in [0.25, 0.3) is 21.5 Å². The second kappa shape index (κ2) is 5.97. The van der Waals surface area contributed by atoms with Gasteiger partial charge in [-0.25, -0.2) is 0 Å². The Labute approximate surface area is 125 Å². The SMILES string of the molecule is CC(CCCC#N)c1cccc2cc3ccccc3cc12. The minimum Gasteiger partial charge on any atom is -0.198 e. The molecule has 3 rings (SSSR count). The van der Waals surface area contributed by atoms with Crippen LogP contribution in [0.15, 0.2) is 54.6 Å². The molecule has 1 atom stereocenters. The summed E-state index contributed by atoms with van der Waals surface area (Å²) in [5.41, 5.74) is 1.40. The van der Waals surface area contributed by atoms with Crippen LogP contribution in [0.4, 0.5) is 0 Å². The van der Waals surface area contributed by atoms with Crippen LogP contribution in [0, 0.1) is 11.3 Å². The molecule has 0 aliphatic heterocycles. The summed E-state index contributed by atoms with van der Waals surface area (Å²) in [7, 11) is 0. The van der Waals surface area contributed by atoms with Gasteiger partial charge in [0.05, 0.1) is 6.07 Å². The third-order valence-electron chi connectivity index (χ3n) is 4.24. The quantitative estimate of drug-likeness (QED) is 0.436. The highest BCUT2D eigenvalue weighted by atomic mass is 14.2. The van der Waals surface area contributed by atoms with Crippen LogP contribution in [0.1, 0.15) is 37.7 Å². The molecule has 0 aliphatic rings. The van der Waals surface area contributed by atoms with Crippen LogP contribution in [0.2, 0.25) is 0 Å². The molecule has 0 heterocycles. The maximum absolute atomic E-state index is 8.69. The van der Waals surface area contributed by atoms with E-state index in [-0.39, 0.29) is 0 Å². The van der Waals surface area contributed by atoms with E-state index in [0.29, 0.717) is 12.3 Å². The van der Waals surface area contributed by atoms with Crippen molar-refractivity contribution in [2.75, 3.05) is 0 Å². The molecule has 0 spiro atoms. The summed E-state index contributed by atoms with van der Waals surface area (Å²) >= 11 is 0. The molecule has 0 radical (unpaired) electrons. The van der Waals surface area contributed by atoms with E-state index >= 15 is 0 Å².